The molecule has 0 aliphatic carbocycles. The number of pyridine rings is 1. The Labute approximate surface area is 160 Å². The van der Waals surface area contributed by atoms with Gasteiger partial charge in [-0.25, -0.2) is 4.98 Å². The van der Waals surface area contributed by atoms with Crippen LogP contribution in [0.15, 0.2) is 60.8 Å². The number of nitrogens with zero attached hydrogens (tertiary/aromatic N) is 1. The lowest BCUT2D eigenvalue weighted by Gasteiger charge is -2.12. The van der Waals surface area contributed by atoms with Gasteiger partial charge in [-0.05, 0) is 65.8 Å². The minimum absolute atomic E-state index is 0.291. The van der Waals surface area contributed by atoms with Crippen LogP contribution in [-0.4, -0.2) is 10.9 Å². The van der Waals surface area contributed by atoms with E-state index in [2.05, 4.69) is 66.6 Å². The zero-order valence-electron chi connectivity index (χ0n) is 15.8. The topological polar surface area (TPSA) is 68.0 Å². The molecule has 3 aromatic rings. The number of aryl methyl sites for hydroxylation is 3. The van der Waals surface area contributed by atoms with Crippen molar-refractivity contribution in [2.45, 2.75) is 33.2 Å². The predicted octanol–water partition coefficient (Wildman–Crippen LogP) is 4.40. The number of carbonyl (C=O) groups excluding carboxylic acids is 1. The molecule has 4 heteroatoms. The highest BCUT2D eigenvalue weighted by molar-refractivity contribution is 5.74. The zero-order valence-corrected chi connectivity index (χ0v) is 15.8. The molecule has 0 bridgehead atoms. The summed E-state index contributed by atoms with van der Waals surface area (Å²) < 4.78 is 0. The average Bonchev–Trinajstić information content (AvgIpc) is 2.66. The Balaban J connectivity index is 1.68. The van der Waals surface area contributed by atoms with Gasteiger partial charge in [-0.2, -0.15) is 0 Å². The fourth-order valence-electron chi connectivity index (χ4n) is 3.24. The van der Waals surface area contributed by atoms with Gasteiger partial charge < -0.3 is 11.1 Å². The van der Waals surface area contributed by atoms with Crippen LogP contribution in [0.25, 0.3) is 11.1 Å². The van der Waals surface area contributed by atoms with Gasteiger partial charge in [0.05, 0.1) is 0 Å². The van der Waals surface area contributed by atoms with Crippen LogP contribution < -0.4 is 11.1 Å². The smallest absolute Gasteiger partial charge is 0.217 e. The molecule has 2 aromatic carbocycles. The summed E-state index contributed by atoms with van der Waals surface area (Å²) in [5, 5.41) is 3.36. The lowest BCUT2D eigenvalue weighted by molar-refractivity contribution is -0.117. The molecule has 0 unspecified atom stereocenters. The lowest BCUT2D eigenvalue weighted by atomic mass is 9.95. The number of carbonyl (C=O) groups is 1. The van der Waals surface area contributed by atoms with E-state index in [4.69, 9.17) is 5.73 Å². The van der Waals surface area contributed by atoms with Crippen molar-refractivity contribution in [2.24, 2.45) is 5.73 Å². The van der Waals surface area contributed by atoms with Crippen molar-refractivity contribution in [3.05, 3.63) is 83.0 Å². The molecule has 4 nitrogen and oxygen atoms in total. The first-order valence-corrected chi connectivity index (χ1v) is 9.15. The number of anilines is 1. The third-order valence-electron chi connectivity index (χ3n) is 4.66. The molecule has 1 aromatic heterocycles. The molecule has 1 amide bonds. The lowest BCUT2D eigenvalue weighted by Crippen LogP contribution is -2.11. The Kier molecular flexibility index (Phi) is 5.87. The van der Waals surface area contributed by atoms with E-state index in [0.717, 1.165) is 11.4 Å². The molecule has 0 aliphatic rings. The normalized spacial score (nSPS) is 10.6. The van der Waals surface area contributed by atoms with Crippen molar-refractivity contribution >= 4 is 11.7 Å². The highest BCUT2D eigenvalue weighted by Gasteiger charge is 2.06. The van der Waals surface area contributed by atoms with Gasteiger partial charge in [0.15, 0.2) is 0 Å². The number of nitrogens with one attached hydrogen (secondary N) is 1. The number of rotatable bonds is 7. The monoisotopic (exact) mass is 359 g/mol. The number of hydrogen-bond acceptors (Lipinski definition) is 3. The van der Waals surface area contributed by atoms with Crippen molar-refractivity contribution in [3.63, 3.8) is 0 Å². The fourth-order valence-corrected chi connectivity index (χ4v) is 3.24. The Morgan fingerprint density at radius 2 is 1.74 bits per heavy atom. The predicted molar refractivity (Wildman–Crippen MR) is 110 cm³/mol. The summed E-state index contributed by atoms with van der Waals surface area (Å²) in [5.41, 5.74) is 12.5. The summed E-state index contributed by atoms with van der Waals surface area (Å²) in [6, 6.07) is 18.9. The van der Waals surface area contributed by atoms with Crippen molar-refractivity contribution < 1.29 is 4.79 Å². The van der Waals surface area contributed by atoms with Crippen molar-refractivity contribution in [1.82, 2.24) is 4.98 Å². The Bertz CT molecular complexity index is 912. The molecule has 3 N–H and O–H groups in total. The molecular weight excluding hydrogens is 334 g/mol. The van der Waals surface area contributed by atoms with Gasteiger partial charge in [0.1, 0.15) is 5.82 Å². The highest BCUT2D eigenvalue weighted by atomic mass is 16.1. The van der Waals surface area contributed by atoms with E-state index in [1.165, 1.54) is 27.8 Å². The summed E-state index contributed by atoms with van der Waals surface area (Å²) >= 11 is 0. The van der Waals surface area contributed by atoms with E-state index in [1.807, 2.05) is 12.1 Å². The minimum Gasteiger partial charge on any atom is -0.370 e. The second-order valence-corrected chi connectivity index (χ2v) is 6.84. The summed E-state index contributed by atoms with van der Waals surface area (Å²) in [5.74, 6) is 0.524. The number of aromatic nitrogens is 1. The van der Waals surface area contributed by atoms with Crippen LogP contribution in [0.5, 0.6) is 0 Å². The first-order chi connectivity index (χ1) is 13.0. The van der Waals surface area contributed by atoms with Gasteiger partial charge >= 0.3 is 0 Å². The van der Waals surface area contributed by atoms with Crippen LogP contribution in [0.4, 0.5) is 5.82 Å². The summed E-state index contributed by atoms with van der Waals surface area (Å²) in [7, 11) is 0. The maximum atomic E-state index is 10.9. The molecule has 0 atom stereocenters. The summed E-state index contributed by atoms with van der Waals surface area (Å²) in [4.78, 5) is 15.3. The maximum absolute atomic E-state index is 10.9. The van der Waals surface area contributed by atoms with Gasteiger partial charge in [-0.15, -0.1) is 0 Å². The Morgan fingerprint density at radius 1 is 1.00 bits per heavy atom. The minimum atomic E-state index is -0.291. The van der Waals surface area contributed by atoms with Crippen LogP contribution in [0.3, 0.4) is 0 Å². The molecule has 0 radical (unpaired) electrons. The standard InChI is InChI=1S/C23H25N3O/c1-16-5-3-6-17(2)23(16)20-8-4-7-19(13-20)15-26-22-12-10-18(14-25-22)9-11-21(24)27/h3-8,10,12-14H,9,11,15H2,1-2H3,(H2,24,27)(H,25,26). The number of hydrogen-bond donors (Lipinski definition) is 2. The summed E-state index contributed by atoms with van der Waals surface area (Å²) in [6.45, 7) is 5.00. The second kappa shape index (κ2) is 8.49. The van der Waals surface area contributed by atoms with Crippen LogP contribution in [0, 0.1) is 13.8 Å². The van der Waals surface area contributed by atoms with E-state index in [0.29, 0.717) is 19.4 Å². The Hall–Kier alpha value is -3.14. The molecule has 1 heterocycles. The molecule has 3 rings (SSSR count). The third-order valence-corrected chi connectivity index (χ3v) is 4.66. The number of primary amides is 1. The SMILES string of the molecule is Cc1cccc(C)c1-c1cccc(CNc2ccc(CCC(N)=O)cn2)c1. The van der Waals surface area contributed by atoms with E-state index < -0.39 is 0 Å². The molecule has 138 valence electrons. The van der Waals surface area contributed by atoms with Crippen molar-refractivity contribution in [3.8, 4) is 11.1 Å². The largest absolute Gasteiger partial charge is 0.370 e. The maximum Gasteiger partial charge on any atom is 0.217 e. The molecule has 0 aliphatic heterocycles. The van der Waals surface area contributed by atoms with E-state index in [1.54, 1.807) is 6.20 Å². The van der Waals surface area contributed by atoms with Crippen LogP contribution in [-0.2, 0) is 17.8 Å². The molecule has 0 saturated carbocycles. The second-order valence-electron chi connectivity index (χ2n) is 6.84. The van der Waals surface area contributed by atoms with Crippen LogP contribution in [0.2, 0.25) is 0 Å². The van der Waals surface area contributed by atoms with Crippen LogP contribution in [0.1, 0.15) is 28.7 Å². The van der Waals surface area contributed by atoms with E-state index in [-0.39, 0.29) is 5.91 Å². The van der Waals surface area contributed by atoms with E-state index >= 15 is 0 Å². The van der Waals surface area contributed by atoms with E-state index in [9.17, 15) is 4.79 Å². The zero-order chi connectivity index (χ0) is 19.2. The van der Waals surface area contributed by atoms with Gasteiger partial charge in [-0.3, -0.25) is 4.79 Å². The van der Waals surface area contributed by atoms with Crippen molar-refractivity contribution in [1.29, 1.82) is 0 Å². The number of amides is 1. The average molecular weight is 359 g/mol. The fraction of sp³-hybridized carbons (Fsp3) is 0.217. The highest BCUT2D eigenvalue weighted by Crippen LogP contribution is 2.27. The van der Waals surface area contributed by atoms with Gasteiger partial charge in [0, 0.05) is 19.2 Å². The first-order valence-electron chi connectivity index (χ1n) is 9.15. The summed E-state index contributed by atoms with van der Waals surface area (Å²) in [6.07, 6.45) is 2.76. The number of nitrogens with two attached hydrogens (primary N) is 1. The van der Waals surface area contributed by atoms with Gasteiger partial charge in [0.25, 0.3) is 0 Å². The van der Waals surface area contributed by atoms with Crippen molar-refractivity contribution in [2.75, 3.05) is 5.32 Å². The quantitative estimate of drug-likeness (QED) is 0.657. The molecule has 0 fully saturated rings. The molecule has 0 saturated heterocycles. The van der Waals surface area contributed by atoms with Gasteiger partial charge in [0.2, 0.25) is 5.91 Å². The molecule has 27 heavy (non-hydrogen) atoms. The molecular formula is C23H25N3O. The van der Waals surface area contributed by atoms with Gasteiger partial charge in [-0.1, -0.05) is 42.5 Å². The Morgan fingerprint density at radius 3 is 2.41 bits per heavy atom. The number of benzene rings is 2. The third kappa shape index (κ3) is 4.94. The van der Waals surface area contributed by atoms with Crippen LogP contribution >= 0.6 is 0 Å². The first kappa shape index (κ1) is 18.6. The molecule has 0 spiro atoms.